The number of hydrogen-bond donors (Lipinski definition) is 0. The zero-order valence-electron chi connectivity index (χ0n) is 19.6. The van der Waals surface area contributed by atoms with E-state index in [1.165, 1.54) is 31.0 Å². The smallest absolute Gasteiger partial charge is 0.0419 e. The summed E-state index contributed by atoms with van der Waals surface area (Å²) in [5.41, 5.74) is 2.35. The summed E-state index contributed by atoms with van der Waals surface area (Å²) in [6.45, 7) is 4.26. The van der Waals surface area contributed by atoms with Crippen LogP contribution in [0.2, 0.25) is 0 Å². The van der Waals surface area contributed by atoms with Crippen molar-refractivity contribution in [3.8, 4) is 0 Å². The number of benzene rings is 4. The maximum Gasteiger partial charge on any atom is 0.0419 e. The van der Waals surface area contributed by atoms with Gasteiger partial charge in [0.25, 0.3) is 0 Å². The van der Waals surface area contributed by atoms with Crippen LogP contribution in [0.4, 0.5) is 11.4 Å². The molecule has 4 aromatic carbocycles. The molecule has 0 saturated heterocycles. The van der Waals surface area contributed by atoms with Gasteiger partial charge in [-0.3, -0.25) is 0 Å². The fraction of sp³-hybridized carbons (Fsp3) is 0.0968. The van der Waals surface area contributed by atoms with Gasteiger partial charge in [0.2, 0.25) is 0 Å². The maximum atomic E-state index is 2.37. The van der Waals surface area contributed by atoms with E-state index < -0.39 is 10.0 Å². The Hall–Kier alpha value is -3.49. The zero-order chi connectivity index (χ0) is 23.1. The van der Waals surface area contributed by atoms with Crippen LogP contribution in [0.3, 0.4) is 0 Å². The van der Waals surface area contributed by atoms with E-state index in [1.807, 2.05) is 0 Å². The first-order valence-electron chi connectivity index (χ1n) is 11.3. The molecule has 0 heterocycles. The second-order valence-corrected chi connectivity index (χ2v) is 10.9. The number of anilines is 2. The Labute approximate surface area is 200 Å². The largest absolute Gasteiger partial charge is 0.345 e. The first kappa shape index (κ1) is 22.7. The van der Waals surface area contributed by atoms with E-state index in [0.717, 1.165) is 0 Å². The zero-order valence-corrected chi connectivity index (χ0v) is 20.4. The maximum absolute atomic E-state index is 2.37. The van der Waals surface area contributed by atoms with Gasteiger partial charge in [0.05, 0.1) is 0 Å². The van der Waals surface area contributed by atoms with Gasteiger partial charge in [0.15, 0.2) is 0 Å². The summed E-state index contributed by atoms with van der Waals surface area (Å²) in [6.07, 6.45) is 6.72. The molecule has 0 fully saturated rings. The number of para-hydroxylation sites is 1. The normalized spacial score (nSPS) is 12.6. The summed E-state index contributed by atoms with van der Waals surface area (Å²) >= 11 is 0. The molecule has 0 aliphatic heterocycles. The Morgan fingerprint density at radius 3 is 1.61 bits per heavy atom. The van der Waals surface area contributed by atoms with Gasteiger partial charge in [0, 0.05) is 33.1 Å². The van der Waals surface area contributed by atoms with E-state index >= 15 is 0 Å². The van der Waals surface area contributed by atoms with Crippen molar-refractivity contribution in [3.05, 3.63) is 138 Å². The van der Waals surface area contributed by atoms with Crippen molar-refractivity contribution < 1.29 is 0 Å². The van der Waals surface area contributed by atoms with E-state index in [0.29, 0.717) is 0 Å². The molecule has 166 valence electrons. The minimum absolute atomic E-state index is 1.18. The van der Waals surface area contributed by atoms with E-state index in [9.17, 15) is 0 Å². The molecule has 0 saturated carbocycles. The Bertz CT molecular complexity index is 1190. The molecule has 0 spiro atoms. The van der Waals surface area contributed by atoms with Gasteiger partial charge in [-0.25, -0.2) is 0 Å². The highest BCUT2D eigenvalue weighted by Crippen LogP contribution is 2.73. The Kier molecular flexibility index (Phi) is 7.16. The molecule has 0 atom stereocenters. The molecule has 0 amide bonds. The molecule has 0 aliphatic carbocycles. The average molecular weight is 450 g/mol. The second-order valence-electron chi connectivity index (χ2n) is 7.82. The van der Waals surface area contributed by atoms with E-state index in [1.54, 1.807) is 0 Å². The van der Waals surface area contributed by atoms with Gasteiger partial charge >= 0.3 is 0 Å². The second kappa shape index (κ2) is 10.4. The Morgan fingerprint density at radius 1 is 0.606 bits per heavy atom. The first-order chi connectivity index (χ1) is 16.2. The summed E-state index contributed by atoms with van der Waals surface area (Å²) in [7, 11) is 0.462. The van der Waals surface area contributed by atoms with Crippen molar-refractivity contribution in [2.45, 2.75) is 28.5 Å². The lowest BCUT2D eigenvalue weighted by Gasteiger charge is -2.43. The minimum Gasteiger partial charge on any atom is -0.345 e. The van der Waals surface area contributed by atoms with Crippen LogP contribution in [0.15, 0.2) is 153 Å². The predicted octanol–water partition coefficient (Wildman–Crippen LogP) is 9.22. The number of hydrogen-bond acceptors (Lipinski definition) is 1. The van der Waals surface area contributed by atoms with Crippen LogP contribution in [0, 0.1) is 0 Å². The molecule has 2 heteroatoms. The highest BCUT2D eigenvalue weighted by molar-refractivity contribution is 8.37. The summed E-state index contributed by atoms with van der Waals surface area (Å²) in [6, 6.07) is 41.5. The van der Waals surface area contributed by atoms with Crippen molar-refractivity contribution in [3.63, 3.8) is 0 Å². The van der Waals surface area contributed by atoms with Gasteiger partial charge in [-0.05, 0) is 73.3 Å². The van der Waals surface area contributed by atoms with Crippen LogP contribution in [0.1, 0.15) is 13.8 Å². The lowest BCUT2D eigenvalue weighted by Crippen LogP contribution is -2.11. The number of nitrogens with zero attached hydrogens (tertiary/aromatic N) is 1. The molecule has 0 N–H and O–H groups in total. The molecule has 4 rings (SSSR count). The molecular formula is C31H31NS. The van der Waals surface area contributed by atoms with Gasteiger partial charge < -0.3 is 4.90 Å². The molecule has 0 bridgehead atoms. The third-order valence-electron chi connectivity index (χ3n) is 5.86. The van der Waals surface area contributed by atoms with Gasteiger partial charge in [-0.2, -0.15) is 0 Å². The third kappa shape index (κ3) is 4.40. The molecule has 0 radical (unpaired) electrons. The van der Waals surface area contributed by atoms with Gasteiger partial charge in [-0.15, -0.1) is 10.0 Å². The van der Waals surface area contributed by atoms with Crippen LogP contribution in [-0.4, -0.2) is 7.05 Å². The third-order valence-corrected chi connectivity index (χ3v) is 9.86. The number of rotatable bonds is 7. The molecule has 33 heavy (non-hydrogen) atoms. The Morgan fingerprint density at radius 2 is 1.09 bits per heavy atom. The van der Waals surface area contributed by atoms with E-state index in [2.05, 4.69) is 159 Å². The van der Waals surface area contributed by atoms with Gasteiger partial charge in [0.1, 0.15) is 0 Å². The van der Waals surface area contributed by atoms with Gasteiger partial charge in [-0.1, -0.05) is 78.9 Å². The molecule has 1 nitrogen and oxygen atoms in total. The summed E-state index contributed by atoms with van der Waals surface area (Å²) in [5.74, 6) is 0. The monoisotopic (exact) mass is 449 g/mol. The molecule has 0 aliphatic rings. The van der Waals surface area contributed by atoms with E-state index in [4.69, 9.17) is 0 Å². The van der Waals surface area contributed by atoms with Crippen molar-refractivity contribution in [1.29, 1.82) is 0 Å². The average Bonchev–Trinajstić information content (AvgIpc) is 2.90. The quantitative estimate of drug-likeness (QED) is 0.254. The Balaban J connectivity index is 2.02. The summed E-state index contributed by atoms with van der Waals surface area (Å²) in [5, 5.41) is 0. The van der Waals surface area contributed by atoms with Crippen molar-refractivity contribution in [2.24, 2.45) is 0 Å². The highest BCUT2D eigenvalue weighted by Gasteiger charge is 2.33. The fourth-order valence-electron chi connectivity index (χ4n) is 4.29. The van der Waals surface area contributed by atoms with E-state index in [-0.39, 0.29) is 0 Å². The molecule has 0 aromatic heterocycles. The van der Waals surface area contributed by atoms with Crippen molar-refractivity contribution in [2.75, 3.05) is 11.9 Å². The van der Waals surface area contributed by atoms with Crippen molar-refractivity contribution in [1.82, 2.24) is 0 Å². The number of allylic oxidation sites excluding steroid dienone is 3. The summed E-state index contributed by atoms with van der Waals surface area (Å²) in [4.78, 5) is 7.59. The molecule has 4 aromatic rings. The summed E-state index contributed by atoms with van der Waals surface area (Å²) < 4.78 is 0. The molecule has 0 unspecified atom stereocenters. The van der Waals surface area contributed by atoms with Crippen LogP contribution < -0.4 is 4.90 Å². The van der Waals surface area contributed by atoms with Crippen molar-refractivity contribution >= 4 is 21.4 Å². The topological polar surface area (TPSA) is 3.24 Å². The lowest BCUT2D eigenvalue weighted by atomic mass is 10.2. The van der Waals surface area contributed by atoms with Crippen LogP contribution in [0.5, 0.6) is 0 Å². The van der Waals surface area contributed by atoms with Crippen LogP contribution in [-0.2, 0) is 0 Å². The predicted molar refractivity (Wildman–Crippen MR) is 145 cm³/mol. The van der Waals surface area contributed by atoms with Crippen LogP contribution >= 0.6 is 10.0 Å². The lowest BCUT2D eigenvalue weighted by molar-refractivity contribution is 1.19. The minimum atomic E-state index is -1.68. The highest BCUT2D eigenvalue weighted by atomic mass is 32.3. The van der Waals surface area contributed by atoms with Crippen LogP contribution in [0.25, 0.3) is 0 Å². The standard InChI is InChI=1S/C31H31NS/c1-4-16-28(5-2)33(29-20-11-7-12-21-29,30-22-13-8-14-23-30)31-24-15-19-27(25-31)32(3)26-17-9-6-10-18-26/h4-25H,1-3H3/b16-4-,28-5+. The fourth-order valence-corrected chi connectivity index (χ4v) is 8.33. The first-order valence-corrected chi connectivity index (χ1v) is 13.0. The SMILES string of the molecule is C/C=C\C(=C/C)S(c1ccccc1)(c1ccccc1)c1cccc(N(C)c2ccccc2)c1. The molecular weight excluding hydrogens is 418 g/mol.